The summed E-state index contributed by atoms with van der Waals surface area (Å²) in [5.41, 5.74) is 2.54. The zero-order chi connectivity index (χ0) is 18.8. The number of aromatic amines is 1. The van der Waals surface area contributed by atoms with Gasteiger partial charge in [0.2, 0.25) is 0 Å². The monoisotopic (exact) mass is 393 g/mol. The number of likely N-dealkylation sites (N-methyl/N-ethyl adjacent to an activating group) is 1. The number of carbonyl (C=O) groups is 1. The van der Waals surface area contributed by atoms with E-state index in [-0.39, 0.29) is 12.4 Å². The van der Waals surface area contributed by atoms with Gasteiger partial charge in [0.25, 0.3) is 5.56 Å². The highest BCUT2D eigenvalue weighted by Gasteiger charge is 2.25. The van der Waals surface area contributed by atoms with Crippen LogP contribution in [0.5, 0.6) is 5.75 Å². The zero-order valence-electron chi connectivity index (χ0n) is 15.3. The molecule has 4 N–H and O–H groups in total. The molecule has 0 amide bonds. The van der Waals surface area contributed by atoms with E-state index in [1.807, 2.05) is 26.2 Å². The highest BCUT2D eigenvalue weighted by molar-refractivity contribution is 5.92. The van der Waals surface area contributed by atoms with E-state index in [9.17, 15) is 19.8 Å². The van der Waals surface area contributed by atoms with Gasteiger partial charge >= 0.3 is 5.97 Å². The van der Waals surface area contributed by atoms with Gasteiger partial charge in [-0.3, -0.25) is 4.79 Å². The zero-order valence-corrected chi connectivity index (χ0v) is 16.2. The number of nitrogens with zero attached hydrogens (tertiary/aromatic N) is 1. The fraction of sp³-hybridized carbons (Fsp3) is 0.368. The van der Waals surface area contributed by atoms with E-state index in [1.165, 1.54) is 0 Å². The van der Waals surface area contributed by atoms with Crippen molar-refractivity contribution >= 4 is 24.1 Å². The van der Waals surface area contributed by atoms with Crippen molar-refractivity contribution in [2.45, 2.75) is 19.3 Å². The normalized spacial score (nSPS) is 12.6. The van der Waals surface area contributed by atoms with Gasteiger partial charge in [0.05, 0.1) is 5.69 Å². The van der Waals surface area contributed by atoms with Crippen LogP contribution in [0.4, 0.5) is 5.69 Å². The second kappa shape index (κ2) is 8.45. The first-order valence-corrected chi connectivity index (χ1v) is 8.61. The second-order valence-corrected chi connectivity index (χ2v) is 6.79. The van der Waals surface area contributed by atoms with Crippen molar-refractivity contribution in [3.63, 3.8) is 0 Å². The van der Waals surface area contributed by atoms with Gasteiger partial charge in [-0.05, 0) is 51.1 Å². The average Bonchev–Trinajstić information content (AvgIpc) is 2.73. The van der Waals surface area contributed by atoms with Crippen LogP contribution in [0.15, 0.2) is 23.0 Å². The van der Waals surface area contributed by atoms with Crippen molar-refractivity contribution < 1.29 is 15.0 Å². The predicted molar refractivity (Wildman–Crippen MR) is 107 cm³/mol. The number of rotatable bonds is 5. The molecule has 27 heavy (non-hydrogen) atoms. The maximum Gasteiger partial charge on any atom is 0.345 e. The minimum absolute atomic E-state index is 0. The van der Waals surface area contributed by atoms with Gasteiger partial charge in [0.1, 0.15) is 5.75 Å². The van der Waals surface area contributed by atoms with Crippen molar-refractivity contribution in [3.05, 3.63) is 45.2 Å². The molecule has 1 aromatic carbocycles. The Bertz CT molecular complexity index is 909. The number of aryl methyl sites for hydroxylation is 1. The maximum absolute atomic E-state index is 12.1. The van der Waals surface area contributed by atoms with Crippen LogP contribution in [0, 0.1) is 0 Å². The first kappa shape index (κ1) is 20.8. The van der Waals surface area contributed by atoms with Gasteiger partial charge < -0.3 is 25.4 Å². The number of carboxylic acids is 1. The summed E-state index contributed by atoms with van der Waals surface area (Å²) in [7, 11) is 4.04. The molecule has 0 saturated heterocycles. The van der Waals surface area contributed by atoms with Crippen LogP contribution >= 0.6 is 12.4 Å². The van der Waals surface area contributed by atoms with Gasteiger partial charge in [-0.25, -0.2) is 4.79 Å². The smallest absolute Gasteiger partial charge is 0.345 e. The summed E-state index contributed by atoms with van der Waals surface area (Å²) in [4.78, 5) is 28.2. The number of pyridine rings is 1. The lowest BCUT2D eigenvalue weighted by Gasteiger charge is -2.15. The summed E-state index contributed by atoms with van der Waals surface area (Å²) < 4.78 is 0. The quantitative estimate of drug-likeness (QED) is 0.621. The molecule has 0 fully saturated rings. The average molecular weight is 394 g/mol. The van der Waals surface area contributed by atoms with Crippen molar-refractivity contribution in [1.29, 1.82) is 0 Å². The van der Waals surface area contributed by atoms with Crippen LogP contribution < -0.4 is 10.9 Å². The number of aromatic hydroxyl groups is 1. The van der Waals surface area contributed by atoms with Crippen molar-refractivity contribution in [2.75, 3.05) is 32.5 Å². The Labute approximate surface area is 163 Å². The first-order chi connectivity index (χ1) is 12.4. The molecule has 1 aliphatic rings. The summed E-state index contributed by atoms with van der Waals surface area (Å²) in [6.07, 6.45) is 2.06. The van der Waals surface area contributed by atoms with Crippen molar-refractivity contribution in [3.8, 4) is 17.0 Å². The topological polar surface area (TPSA) is 106 Å². The lowest BCUT2D eigenvalue weighted by molar-refractivity contribution is 0.0691. The standard InChI is InChI=1S/C19H23N3O4.ClH/c1-22(2)9-8-20-12-6-7-13-11(10-12)4-3-5-14-16(13)21-18(24)15(17(14)23)19(25)26;/h6-7,10,20H,3-5,8-9H2,1-2H3,(H,25,26)(H2,21,23,24);1H. The molecular formula is C19H24ClN3O4. The Morgan fingerprint density at radius 3 is 2.70 bits per heavy atom. The molecule has 0 saturated carbocycles. The van der Waals surface area contributed by atoms with Gasteiger partial charge in [-0.1, -0.05) is 6.07 Å². The Kier molecular flexibility index (Phi) is 6.51. The molecule has 0 aliphatic heterocycles. The third-order valence-electron chi connectivity index (χ3n) is 4.64. The first-order valence-electron chi connectivity index (χ1n) is 8.61. The summed E-state index contributed by atoms with van der Waals surface area (Å²) in [5, 5.41) is 22.9. The lowest BCUT2D eigenvalue weighted by atomic mass is 9.99. The Morgan fingerprint density at radius 1 is 1.30 bits per heavy atom. The van der Waals surface area contributed by atoms with Crippen LogP contribution in [0.25, 0.3) is 11.3 Å². The van der Waals surface area contributed by atoms with E-state index >= 15 is 0 Å². The number of fused-ring (bicyclic) bond motifs is 3. The van der Waals surface area contributed by atoms with E-state index in [1.54, 1.807) is 0 Å². The van der Waals surface area contributed by atoms with Crippen LogP contribution in [-0.4, -0.2) is 53.3 Å². The number of aromatic nitrogens is 1. The second-order valence-electron chi connectivity index (χ2n) is 6.79. The molecule has 8 heteroatoms. The number of hydrogen-bond donors (Lipinski definition) is 4. The van der Waals surface area contributed by atoms with Crippen molar-refractivity contribution in [2.24, 2.45) is 0 Å². The third kappa shape index (κ3) is 4.26. The molecule has 0 spiro atoms. The molecule has 7 nitrogen and oxygen atoms in total. The molecule has 0 unspecified atom stereocenters. The Hall–Kier alpha value is -2.51. The number of anilines is 1. The lowest BCUT2D eigenvalue weighted by Crippen LogP contribution is -2.21. The third-order valence-corrected chi connectivity index (χ3v) is 4.64. The van der Waals surface area contributed by atoms with Crippen LogP contribution in [-0.2, 0) is 12.8 Å². The SMILES string of the molecule is CN(C)CCNc1ccc2c(c1)CCCc1c-2[nH]c(=O)c(C(=O)O)c1O.Cl. The van der Waals surface area contributed by atoms with E-state index in [2.05, 4.69) is 21.3 Å². The van der Waals surface area contributed by atoms with E-state index in [4.69, 9.17) is 0 Å². The molecule has 146 valence electrons. The summed E-state index contributed by atoms with van der Waals surface area (Å²) in [6.45, 7) is 1.74. The number of aromatic carboxylic acids is 1. The number of carboxylic acid groups (broad SMARTS) is 1. The molecule has 1 aliphatic carbocycles. The molecule has 2 aromatic rings. The minimum Gasteiger partial charge on any atom is -0.506 e. The highest BCUT2D eigenvalue weighted by atomic mass is 35.5. The molecule has 0 bridgehead atoms. The van der Waals surface area contributed by atoms with Crippen LogP contribution in [0.1, 0.15) is 27.9 Å². The predicted octanol–water partition coefficient (Wildman–Crippen LogP) is 2.33. The van der Waals surface area contributed by atoms with Gasteiger partial charge in [0.15, 0.2) is 5.56 Å². The fourth-order valence-electron chi connectivity index (χ4n) is 3.33. The van der Waals surface area contributed by atoms with Crippen LogP contribution in [0.2, 0.25) is 0 Å². The molecule has 3 rings (SSSR count). The summed E-state index contributed by atoms with van der Waals surface area (Å²) in [6, 6.07) is 5.90. The molecule has 0 radical (unpaired) electrons. The van der Waals surface area contributed by atoms with Gasteiger partial charge in [0, 0.05) is 29.9 Å². The minimum atomic E-state index is -1.42. The maximum atomic E-state index is 12.1. The summed E-state index contributed by atoms with van der Waals surface area (Å²) >= 11 is 0. The number of H-pyrrole nitrogens is 1. The van der Waals surface area contributed by atoms with E-state index in [0.717, 1.165) is 42.7 Å². The van der Waals surface area contributed by atoms with E-state index < -0.39 is 22.8 Å². The molecule has 1 heterocycles. The number of halogens is 1. The van der Waals surface area contributed by atoms with Gasteiger partial charge in [-0.15, -0.1) is 12.4 Å². The van der Waals surface area contributed by atoms with Gasteiger partial charge in [-0.2, -0.15) is 0 Å². The molecule has 0 atom stereocenters. The highest BCUT2D eigenvalue weighted by Crippen LogP contribution is 2.36. The number of benzene rings is 1. The number of nitrogens with one attached hydrogen (secondary N) is 2. The Morgan fingerprint density at radius 2 is 2.04 bits per heavy atom. The fourth-order valence-corrected chi connectivity index (χ4v) is 3.33. The summed E-state index contributed by atoms with van der Waals surface area (Å²) in [5.74, 6) is -1.84. The van der Waals surface area contributed by atoms with E-state index in [0.29, 0.717) is 17.7 Å². The molecule has 1 aromatic heterocycles. The largest absolute Gasteiger partial charge is 0.506 e. The number of hydrogen-bond acceptors (Lipinski definition) is 5. The van der Waals surface area contributed by atoms with Crippen molar-refractivity contribution in [1.82, 2.24) is 9.88 Å². The Balaban J connectivity index is 0.00000261. The van der Waals surface area contributed by atoms with Crippen LogP contribution in [0.3, 0.4) is 0 Å². The molecular weight excluding hydrogens is 370 g/mol.